The van der Waals surface area contributed by atoms with Gasteiger partial charge >= 0.3 is 17.9 Å². The quantitative estimate of drug-likeness (QED) is 0.0261. The number of carbonyl (C=O) groups excluding carboxylic acids is 3. The second-order valence-corrected chi connectivity index (χ2v) is 21.6. The van der Waals surface area contributed by atoms with Crippen molar-refractivity contribution < 1.29 is 28.6 Å². The third-order valence-corrected chi connectivity index (χ3v) is 14.0. The lowest BCUT2D eigenvalue weighted by molar-refractivity contribution is -0.167. The molecule has 0 aromatic carbocycles. The zero-order chi connectivity index (χ0) is 56.4. The van der Waals surface area contributed by atoms with E-state index in [4.69, 9.17) is 14.2 Å². The van der Waals surface area contributed by atoms with E-state index in [9.17, 15) is 14.4 Å². The molecule has 0 fully saturated rings. The Balaban J connectivity index is 4.44. The van der Waals surface area contributed by atoms with Crippen molar-refractivity contribution in [3.8, 4) is 0 Å². The molecule has 0 aromatic rings. The molecule has 0 heterocycles. The highest BCUT2D eigenvalue weighted by molar-refractivity contribution is 5.71. The normalized spacial score (nSPS) is 12.8. The number of rotatable bonds is 59. The summed E-state index contributed by atoms with van der Waals surface area (Å²) < 4.78 is 16.9. The maximum Gasteiger partial charge on any atom is 0.306 e. The minimum atomic E-state index is -0.799. The summed E-state index contributed by atoms with van der Waals surface area (Å²) in [5, 5.41) is 0. The van der Waals surface area contributed by atoms with Crippen LogP contribution < -0.4 is 0 Å². The van der Waals surface area contributed by atoms with E-state index in [2.05, 4.69) is 130 Å². The van der Waals surface area contributed by atoms with E-state index >= 15 is 0 Å². The molecule has 0 aliphatic rings. The molecule has 6 nitrogen and oxygen atoms in total. The first-order valence-corrected chi connectivity index (χ1v) is 32.9. The average molecular weight is 1080 g/mol. The van der Waals surface area contributed by atoms with Crippen LogP contribution in [0.1, 0.15) is 310 Å². The number of esters is 3. The van der Waals surface area contributed by atoms with Gasteiger partial charge in [0.25, 0.3) is 0 Å². The molecule has 0 aliphatic heterocycles. The minimum Gasteiger partial charge on any atom is -0.462 e. The third kappa shape index (κ3) is 62.9. The van der Waals surface area contributed by atoms with Crippen LogP contribution in [0.2, 0.25) is 0 Å². The fourth-order valence-corrected chi connectivity index (χ4v) is 9.06. The van der Waals surface area contributed by atoms with Gasteiger partial charge in [-0.1, -0.05) is 271 Å². The molecule has 0 radical (unpaired) electrons. The van der Waals surface area contributed by atoms with Gasteiger partial charge < -0.3 is 14.2 Å². The van der Waals surface area contributed by atoms with E-state index in [0.717, 1.165) is 135 Å². The average Bonchev–Trinajstić information content (AvgIpc) is 3.44. The van der Waals surface area contributed by atoms with Crippen LogP contribution in [0, 0.1) is 0 Å². The fourth-order valence-electron chi connectivity index (χ4n) is 9.06. The number of allylic oxidation sites excluding steroid dienone is 18. The molecule has 0 aliphatic carbocycles. The SMILES string of the molecule is CC/C=C\C/C=C\C/C=C\C/C=C\C/C=C\CCCCCCCC(=O)OC(COC(=O)CCCCCCC/C=C\CCCCCCCCC)COC(=O)CCCCCCCCCC/C=C\C/C=C\C/C=C\CCCCCCC. The highest BCUT2D eigenvalue weighted by Gasteiger charge is 2.19. The molecule has 0 spiro atoms. The van der Waals surface area contributed by atoms with Gasteiger partial charge in [0.15, 0.2) is 6.10 Å². The second-order valence-electron chi connectivity index (χ2n) is 21.6. The van der Waals surface area contributed by atoms with Crippen molar-refractivity contribution in [3.05, 3.63) is 109 Å². The van der Waals surface area contributed by atoms with Crippen LogP contribution in [0.25, 0.3) is 0 Å². The van der Waals surface area contributed by atoms with E-state index < -0.39 is 6.10 Å². The van der Waals surface area contributed by atoms with Crippen LogP contribution in [-0.2, 0) is 28.6 Å². The van der Waals surface area contributed by atoms with E-state index in [-0.39, 0.29) is 31.1 Å². The number of carbonyl (C=O) groups is 3. The lowest BCUT2D eigenvalue weighted by atomic mass is 10.1. The number of ether oxygens (including phenoxy) is 3. The molecule has 0 amide bonds. The zero-order valence-electron chi connectivity index (χ0n) is 51.2. The lowest BCUT2D eigenvalue weighted by Crippen LogP contribution is -2.30. The standard InChI is InChI=1S/C72H122O6/c1-4-7-10-13-16-19-22-25-28-31-33-35-36-38-39-41-44-47-50-53-56-59-62-65-71(74)77-68-69(67-76-70(73)64-61-58-55-52-49-46-43-30-27-24-21-18-15-12-9-6-3)78-72(75)66-63-60-57-54-51-48-45-42-40-37-34-32-29-26-23-20-17-14-11-8-5-2/h8,11,17,20,22,25-26,29-31,33-34,36-38,42-43,45,69H,4-7,9-10,12-16,18-19,21,23-24,27-28,32,35,39-41,44,46-68H2,1-3H3/b11-8-,20-17-,25-22-,29-26-,33-31-,37-34-,38-36-,43-30-,45-42-. The maximum atomic E-state index is 12.9. The summed E-state index contributed by atoms with van der Waals surface area (Å²) in [6.07, 6.45) is 89.4. The Hall–Kier alpha value is -3.93. The summed E-state index contributed by atoms with van der Waals surface area (Å²) in [5.74, 6) is -0.919. The summed E-state index contributed by atoms with van der Waals surface area (Å²) >= 11 is 0. The molecule has 0 saturated carbocycles. The first-order chi connectivity index (χ1) is 38.5. The fraction of sp³-hybridized carbons (Fsp3) is 0.708. The summed E-state index contributed by atoms with van der Waals surface area (Å²) in [6, 6.07) is 0. The monoisotopic (exact) mass is 1080 g/mol. The Morgan fingerprint density at radius 2 is 0.500 bits per heavy atom. The van der Waals surface area contributed by atoms with Crippen molar-refractivity contribution in [1.82, 2.24) is 0 Å². The Kier molecular flexibility index (Phi) is 62.3. The van der Waals surface area contributed by atoms with Crippen LogP contribution >= 0.6 is 0 Å². The van der Waals surface area contributed by atoms with Gasteiger partial charge in [0.2, 0.25) is 0 Å². The molecule has 0 aromatic heterocycles. The minimum absolute atomic E-state index is 0.0933. The lowest BCUT2D eigenvalue weighted by Gasteiger charge is -2.18. The van der Waals surface area contributed by atoms with Crippen LogP contribution in [0.4, 0.5) is 0 Å². The van der Waals surface area contributed by atoms with E-state index in [1.165, 1.54) is 135 Å². The molecule has 0 rings (SSSR count). The number of unbranched alkanes of at least 4 members (excludes halogenated alkanes) is 30. The highest BCUT2D eigenvalue weighted by atomic mass is 16.6. The Morgan fingerprint density at radius 3 is 0.795 bits per heavy atom. The van der Waals surface area contributed by atoms with Gasteiger partial charge in [0.05, 0.1) is 0 Å². The van der Waals surface area contributed by atoms with Gasteiger partial charge in [-0.2, -0.15) is 0 Å². The van der Waals surface area contributed by atoms with Crippen molar-refractivity contribution in [3.63, 3.8) is 0 Å². The summed E-state index contributed by atoms with van der Waals surface area (Å²) in [7, 11) is 0. The van der Waals surface area contributed by atoms with Gasteiger partial charge in [0, 0.05) is 19.3 Å². The van der Waals surface area contributed by atoms with Crippen LogP contribution in [0.15, 0.2) is 109 Å². The molecule has 0 N–H and O–H groups in total. The molecule has 0 bridgehead atoms. The van der Waals surface area contributed by atoms with Crippen LogP contribution in [-0.4, -0.2) is 37.2 Å². The van der Waals surface area contributed by atoms with Gasteiger partial charge in [-0.05, 0) is 128 Å². The molecule has 0 saturated heterocycles. The van der Waals surface area contributed by atoms with Gasteiger partial charge in [-0.15, -0.1) is 0 Å². The first kappa shape index (κ1) is 74.1. The molecular weight excluding hydrogens is 961 g/mol. The Morgan fingerprint density at radius 1 is 0.269 bits per heavy atom. The summed E-state index contributed by atoms with van der Waals surface area (Å²) in [5.41, 5.74) is 0. The van der Waals surface area contributed by atoms with E-state index in [1.807, 2.05) is 0 Å². The Bertz CT molecular complexity index is 1570. The zero-order valence-corrected chi connectivity index (χ0v) is 51.2. The molecule has 6 heteroatoms. The largest absolute Gasteiger partial charge is 0.462 e. The predicted octanol–water partition coefficient (Wildman–Crippen LogP) is 22.6. The predicted molar refractivity (Wildman–Crippen MR) is 339 cm³/mol. The van der Waals surface area contributed by atoms with Crippen LogP contribution in [0.5, 0.6) is 0 Å². The van der Waals surface area contributed by atoms with Crippen molar-refractivity contribution in [2.75, 3.05) is 13.2 Å². The number of hydrogen-bond donors (Lipinski definition) is 0. The molecule has 78 heavy (non-hydrogen) atoms. The van der Waals surface area contributed by atoms with Crippen LogP contribution in [0.3, 0.4) is 0 Å². The second kappa shape index (κ2) is 65.6. The molecule has 446 valence electrons. The topological polar surface area (TPSA) is 78.9 Å². The summed E-state index contributed by atoms with van der Waals surface area (Å²) in [4.78, 5) is 38.4. The number of hydrogen-bond acceptors (Lipinski definition) is 6. The van der Waals surface area contributed by atoms with Gasteiger partial charge in [-0.25, -0.2) is 0 Å². The van der Waals surface area contributed by atoms with Crippen molar-refractivity contribution in [2.24, 2.45) is 0 Å². The summed E-state index contributed by atoms with van der Waals surface area (Å²) in [6.45, 7) is 6.51. The third-order valence-electron chi connectivity index (χ3n) is 14.0. The smallest absolute Gasteiger partial charge is 0.306 e. The maximum absolute atomic E-state index is 12.9. The van der Waals surface area contributed by atoms with Gasteiger partial charge in [-0.3, -0.25) is 14.4 Å². The Labute approximate surface area is 482 Å². The van der Waals surface area contributed by atoms with E-state index in [0.29, 0.717) is 19.3 Å². The molecule has 1 atom stereocenters. The first-order valence-electron chi connectivity index (χ1n) is 32.9. The molecular formula is C72H122O6. The van der Waals surface area contributed by atoms with Crippen molar-refractivity contribution >= 4 is 17.9 Å². The van der Waals surface area contributed by atoms with E-state index in [1.54, 1.807) is 0 Å². The van der Waals surface area contributed by atoms with Gasteiger partial charge in [0.1, 0.15) is 13.2 Å². The van der Waals surface area contributed by atoms with Crippen molar-refractivity contribution in [1.29, 1.82) is 0 Å². The highest BCUT2D eigenvalue weighted by Crippen LogP contribution is 2.15. The van der Waals surface area contributed by atoms with Crippen molar-refractivity contribution in [2.45, 2.75) is 316 Å². The molecule has 1 unspecified atom stereocenters.